The van der Waals surface area contributed by atoms with E-state index in [0.717, 1.165) is 19.3 Å². The lowest BCUT2D eigenvalue weighted by Crippen LogP contribution is -2.26. The van der Waals surface area contributed by atoms with Gasteiger partial charge >= 0.3 is 0 Å². The maximum Gasteiger partial charge on any atom is 0.190 e. The van der Waals surface area contributed by atoms with Crippen molar-refractivity contribution in [1.29, 1.82) is 0 Å². The molecule has 0 fully saturated rings. The molecule has 1 rings (SSSR count). The Morgan fingerprint density at radius 2 is 1.81 bits per heavy atom. The van der Waals surface area contributed by atoms with Gasteiger partial charge in [0.2, 0.25) is 0 Å². The van der Waals surface area contributed by atoms with Gasteiger partial charge in [-0.3, -0.25) is 0 Å². The predicted octanol–water partition coefficient (Wildman–Crippen LogP) is 1.90. The van der Waals surface area contributed by atoms with Gasteiger partial charge in [0.05, 0.1) is 6.61 Å². The van der Waals surface area contributed by atoms with Crippen LogP contribution >= 0.6 is 0 Å². The molecule has 90 valence electrons. The molecule has 3 nitrogen and oxygen atoms in total. The van der Waals surface area contributed by atoms with Crippen molar-refractivity contribution in [3.63, 3.8) is 0 Å². The molecule has 0 aliphatic carbocycles. The van der Waals surface area contributed by atoms with Crippen molar-refractivity contribution in [3.8, 4) is 0 Å². The van der Waals surface area contributed by atoms with E-state index in [2.05, 4.69) is 6.92 Å². The van der Waals surface area contributed by atoms with Crippen LogP contribution < -0.4 is 0 Å². The lowest BCUT2D eigenvalue weighted by Gasteiger charge is -2.24. The zero-order chi connectivity index (χ0) is 12.0. The number of hydrogen-bond donors (Lipinski definition) is 3. The Hall–Kier alpha value is -0.900. The van der Waals surface area contributed by atoms with Gasteiger partial charge in [-0.05, 0) is 12.0 Å². The third kappa shape index (κ3) is 3.30. The number of aliphatic hydroxyl groups is 3. The molecule has 3 heteroatoms. The van der Waals surface area contributed by atoms with E-state index in [-0.39, 0.29) is 6.61 Å². The van der Waals surface area contributed by atoms with Crippen molar-refractivity contribution in [2.45, 2.75) is 45.0 Å². The standard InChI is InChI=1S/C13H20O3/c1-2-3-6-9-13(15,16)12-8-5-4-7-11(12)10-14/h4-5,7-8,14-16H,2-3,6,9-10H2,1H3. The summed E-state index contributed by atoms with van der Waals surface area (Å²) in [5, 5.41) is 29.1. The van der Waals surface area contributed by atoms with Crippen molar-refractivity contribution < 1.29 is 15.3 Å². The summed E-state index contributed by atoms with van der Waals surface area (Å²) in [6, 6.07) is 6.88. The molecule has 0 radical (unpaired) electrons. The normalized spacial score (nSPS) is 11.8. The van der Waals surface area contributed by atoms with Crippen LogP contribution in [0.3, 0.4) is 0 Å². The van der Waals surface area contributed by atoms with Gasteiger partial charge in [-0.1, -0.05) is 44.0 Å². The van der Waals surface area contributed by atoms with Gasteiger partial charge in [-0.2, -0.15) is 0 Å². The number of rotatable bonds is 6. The molecule has 3 N–H and O–H groups in total. The molecule has 0 spiro atoms. The zero-order valence-electron chi connectivity index (χ0n) is 9.69. The highest BCUT2D eigenvalue weighted by Gasteiger charge is 2.27. The van der Waals surface area contributed by atoms with E-state index in [1.165, 1.54) is 0 Å². The fourth-order valence-corrected chi connectivity index (χ4v) is 1.80. The summed E-state index contributed by atoms with van der Waals surface area (Å²) < 4.78 is 0. The molecule has 16 heavy (non-hydrogen) atoms. The van der Waals surface area contributed by atoms with E-state index in [0.29, 0.717) is 17.5 Å². The predicted molar refractivity (Wildman–Crippen MR) is 62.6 cm³/mol. The summed E-state index contributed by atoms with van der Waals surface area (Å²) in [6.45, 7) is 1.89. The Balaban J connectivity index is 2.79. The minimum absolute atomic E-state index is 0.174. The van der Waals surface area contributed by atoms with Gasteiger partial charge < -0.3 is 15.3 Å². The van der Waals surface area contributed by atoms with Crippen molar-refractivity contribution in [3.05, 3.63) is 35.4 Å². The maximum absolute atomic E-state index is 9.97. The first kappa shape index (κ1) is 13.2. The minimum Gasteiger partial charge on any atom is -0.392 e. The van der Waals surface area contributed by atoms with Crippen LogP contribution in [0.1, 0.15) is 43.7 Å². The summed E-state index contributed by atoms with van der Waals surface area (Å²) >= 11 is 0. The Bertz CT molecular complexity index is 321. The van der Waals surface area contributed by atoms with Crippen LogP contribution in [-0.2, 0) is 12.4 Å². The molecule has 0 unspecified atom stereocenters. The Morgan fingerprint density at radius 3 is 2.44 bits per heavy atom. The van der Waals surface area contributed by atoms with Crippen molar-refractivity contribution in [2.24, 2.45) is 0 Å². The van der Waals surface area contributed by atoms with Crippen molar-refractivity contribution in [1.82, 2.24) is 0 Å². The molecule has 0 saturated heterocycles. The van der Waals surface area contributed by atoms with Crippen LogP contribution in [0.4, 0.5) is 0 Å². The van der Waals surface area contributed by atoms with Crippen LogP contribution in [0, 0.1) is 0 Å². The van der Waals surface area contributed by atoms with Crippen LogP contribution in [0.5, 0.6) is 0 Å². The van der Waals surface area contributed by atoms with E-state index < -0.39 is 5.79 Å². The van der Waals surface area contributed by atoms with E-state index in [4.69, 9.17) is 5.11 Å². The molecule has 0 saturated carbocycles. The second-order valence-corrected chi connectivity index (χ2v) is 4.09. The second kappa shape index (κ2) is 5.99. The minimum atomic E-state index is -1.82. The molecule has 0 aliphatic rings. The van der Waals surface area contributed by atoms with Gasteiger partial charge in [-0.15, -0.1) is 0 Å². The van der Waals surface area contributed by atoms with Crippen LogP contribution in [0.15, 0.2) is 24.3 Å². The fourth-order valence-electron chi connectivity index (χ4n) is 1.80. The number of hydrogen-bond acceptors (Lipinski definition) is 3. The van der Waals surface area contributed by atoms with E-state index >= 15 is 0 Å². The van der Waals surface area contributed by atoms with E-state index in [1.807, 2.05) is 0 Å². The monoisotopic (exact) mass is 224 g/mol. The Morgan fingerprint density at radius 1 is 1.12 bits per heavy atom. The second-order valence-electron chi connectivity index (χ2n) is 4.09. The first-order valence-corrected chi connectivity index (χ1v) is 5.76. The summed E-state index contributed by atoms with van der Waals surface area (Å²) in [6.07, 6.45) is 3.09. The lowest BCUT2D eigenvalue weighted by molar-refractivity contribution is -0.176. The van der Waals surface area contributed by atoms with E-state index in [1.54, 1.807) is 24.3 Å². The summed E-state index contributed by atoms with van der Waals surface area (Å²) in [5.41, 5.74) is 0.984. The van der Waals surface area contributed by atoms with Crippen molar-refractivity contribution in [2.75, 3.05) is 0 Å². The number of unbranched alkanes of at least 4 members (excludes halogenated alkanes) is 2. The van der Waals surface area contributed by atoms with Gasteiger partial charge in [-0.25, -0.2) is 0 Å². The first-order chi connectivity index (χ1) is 7.61. The van der Waals surface area contributed by atoms with Gasteiger partial charge in [0, 0.05) is 12.0 Å². The molecule has 0 bridgehead atoms. The molecule has 0 aromatic heterocycles. The SMILES string of the molecule is CCCCCC(O)(O)c1ccccc1CO. The quantitative estimate of drug-likeness (QED) is 0.511. The highest BCUT2D eigenvalue weighted by molar-refractivity contribution is 5.30. The summed E-state index contributed by atoms with van der Waals surface area (Å²) in [4.78, 5) is 0. The van der Waals surface area contributed by atoms with Gasteiger partial charge in [0.1, 0.15) is 0 Å². The molecular formula is C13H20O3. The van der Waals surface area contributed by atoms with Crippen LogP contribution in [-0.4, -0.2) is 15.3 Å². The lowest BCUT2D eigenvalue weighted by atomic mass is 9.95. The summed E-state index contributed by atoms with van der Waals surface area (Å²) in [7, 11) is 0. The van der Waals surface area contributed by atoms with Crippen LogP contribution in [0.25, 0.3) is 0 Å². The Labute approximate surface area is 96.4 Å². The third-order valence-electron chi connectivity index (χ3n) is 2.75. The molecule has 0 atom stereocenters. The molecule has 1 aromatic carbocycles. The number of aliphatic hydroxyl groups excluding tert-OH is 1. The van der Waals surface area contributed by atoms with Crippen molar-refractivity contribution >= 4 is 0 Å². The first-order valence-electron chi connectivity index (χ1n) is 5.76. The molecule has 0 heterocycles. The smallest absolute Gasteiger partial charge is 0.190 e. The van der Waals surface area contributed by atoms with E-state index in [9.17, 15) is 10.2 Å². The average molecular weight is 224 g/mol. The molecular weight excluding hydrogens is 204 g/mol. The molecule has 1 aromatic rings. The maximum atomic E-state index is 9.97. The molecule has 0 aliphatic heterocycles. The third-order valence-corrected chi connectivity index (χ3v) is 2.75. The fraction of sp³-hybridized carbons (Fsp3) is 0.538. The average Bonchev–Trinajstić information content (AvgIpc) is 2.29. The van der Waals surface area contributed by atoms with Crippen LogP contribution in [0.2, 0.25) is 0 Å². The number of benzene rings is 1. The van der Waals surface area contributed by atoms with Gasteiger partial charge in [0.15, 0.2) is 5.79 Å². The largest absolute Gasteiger partial charge is 0.392 e. The highest BCUT2D eigenvalue weighted by atomic mass is 16.5. The highest BCUT2D eigenvalue weighted by Crippen LogP contribution is 2.27. The topological polar surface area (TPSA) is 60.7 Å². The zero-order valence-corrected chi connectivity index (χ0v) is 9.69. The summed E-state index contributed by atoms with van der Waals surface area (Å²) in [5.74, 6) is -1.82. The Kier molecular flexibility index (Phi) is 4.93. The molecule has 0 amide bonds. The van der Waals surface area contributed by atoms with Gasteiger partial charge in [0.25, 0.3) is 0 Å².